The number of hydrogen-bond acceptors (Lipinski definition) is 1. The monoisotopic (exact) mass is 576 g/mol. The Labute approximate surface area is 263 Å². The second-order valence-electron chi connectivity index (χ2n) is 12.6. The van der Waals surface area contributed by atoms with Gasteiger partial charge in [0.25, 0.3) is 0 Å². The molecule has 0 bridgehead atoms. The van der Waals surface area contributed by atoms with Crippen molar-refractivity contribution in [3.63, 3.8) is 0 Å². The third-order valence-corrected chi connectivity index (χ3v) is 9.75. The second-order valence-corrected chi connectivity index (χ2v) is 12.6. The first kappa shape index (κ1) is 25.9. The van der Waals surface area contributed by atoms with E-state index in [1.807, 2.05) is 0 Å². The van der Waals surface area contributed by atoms with E-state index in [9.17, 15) is 0 Å². The van der Waals surface area contributed by atoms with Crippen LogP contribution in [0.3, 0.4) is 0 Å². The van der Waals surface area contributed by atoms with Gasteiger partial charge >= 0.3 is 0 Å². The van der Waals surface area contributed by atoms with Crippen molar-refractivity contribution in [3.05, 3.63) is 169 Å². The Morgan fingerprint density at radius 3 is 2.04 bits per heavy atom. The van der Waals surface area contributed by atoms with Crippen molar-refractivity contribution < 1.29 is 0 Å². The first-order valence-corrected chi connectivity index (χ1v) is 15.7. The second kappa shape index (κ2) is 9.70. The minimum absolute atomic E-state index is 0.0827. The van der Waals surface area contributed by atoms with Gasteiger partial charge in [0.05, 0.1) is 16.7 Å². The minimum atomic E-state index is -0.0827. The molecule has 0 radical (unpaired) electrons. The molecule has 2 heteroatoms. The molecular weight excluding hydrogens is 544 g/mol. The molecule has 1 heterocycles. The summed E-state index contributed by atoms with van der Waals surface area (Å²) in [5.74, 6) is 0. The maximum atomic E-state index is 2.47. The molecule has 214 valence electrons. The number of fused-ring (bicyclic) bond motifs is 7. The fourth-order valence-electron chi connectivity index (χ4n) is 7.62. The van der Waals surface area contributed by atoms with Crippen LogP contribution in [0.2, 0.25) is 0 Å². The smallest absolute Gasteiger partial charge is 0.0561 e. The van der Waals surface area contributed by atoms with Crippen LogP contribution < -0.4 is 4.90 Å². The third-order valence-electron chi connectivity index (χ3n) is 9.75. The number of hydrogen-bond donors (Lipinski definition) is 0. The van der Waals surface area contributed by atoms with Gasteiger partial charge in [0.15, 0.2) is 0 Å². The predicted molar refractivity (Wildman–Crippen MR) is 191 cm³/mol. The van der Waals surface area contributed by atoms with Crippen LogP contribution in [0.15, 0.2) is 158 Å². The lowest BCUT2D eigenvalue weighted by Gasteiger charge is -2.29. The Morgan fingerprint density at radius 1 is 0.489 bits per heavy atom. The molecule has 0 saturated carbocycles. The van der Waals surface area contributed by atoms with E-state index in [0.29, 0.717) is 0 Å². The molecule has 0 amide bonds. The number of aromatic nitrogens is 1. The molecular formula is C43H32N2. The molecule has 7 aromatic carbocycles. The van der Waals surface area contributed by atoms with Gasteiger partial charge in [0.2, 0.25) is 0 Å². The number of benzene rings is 7. The van der Waals surface area contributed by atoms with E-state index < -0.39 is 0 Å². The first-order valence-electron chi connectivity index (χ1n) is 15.7. The Kier molecular flexibility index (Phi) is 5.58. The fourth-order valence-corrected chi connectivity index (χ4v) is 7.62. The van der Waals surface area contributed by atoms with Gasteiger partial charge in [-0.25, -0.2) is 0 Å². The summed E-state index contributed by atoms with van der Waals surface area (Å²) in [4.78, 5) is 2.47. The zero-order valence-corrected chi connectivity index (χ0v) is 25.4. The molecule has 1 aliphatic rings. The normalized spacial score (nSPS) is 13.3. The molecule has 0 fully saturated rings. The van der Waals surface area contributed by atoms with Gasteiger partial charge in [-0.15, -0.1) is 0 Å². The highest BCUT2D eigenvalue weighted by atomic mass is 15.1. The molecule has 0 unspecified atom stereocenters. The van der Waals surface area contributed by atoms with E-state index in [4.69, 9.17) is 0 Å². The molecule has 1 aromatic heterocycles. The molecule has 9 rings (SSSR count). The Bertz CT molecular complexity index is 2410. The lowest BCUT2D eigenvalue weighted by Crippen LogP contribution is -2.16. The van der Waals surface area contributed by atoms with Crippen molar-refractivity contribution in [1.82, 2.24) is 4.57 Å². The van der Waals surface area contributed by atoms with Crippen LogP contribution in [0, 0.1) is 0 Å². The Morgan fingerprint density at radius 2 is 1.16 bits per heavy atom. The molecule has 0 saturated heterocycles. The van der Waals surface area contributed by atoms with Crippen LogP contribution in [0.4, 0.5) is 17.1 Å². The maximum Gasteiger partial charge on any atom is 0.0561 e. The standard InChI is InChI=1S/C43H32N2/c1-43(2)37-19-10-8-18-36(37)42-38(43)20-12-22-40(42)44(32-24-23-29-13-6-7-14-30(29)27-32)33-25-26-35-34-17-9-11-21-39(34)45(41(35)28-33)31-15-4-3-5-16-31/h3-28H,1-2H3. The summed E-state index contributed by atoms with van der Waals surface area (Å²) in [6.07, 6.45) is 0. The van der Waals surface area contributed by atoms with Gasteiger partial charge in [-0.3, -0.25) is 0 Å². The van der Waals surface area contributed by atoms with Crippen molar-refractivity contribution in [3.8, 4) is 16.8 Å². The largest absolute Gasteiger partial charge is 0.310 e. The van der Waals surface area contributed by atoms with E-state index in [1.54, 1.807) is 0 Å². The summed E-state index contributed by atoms with van der Waals surface area (Å²) in [6.45, 7) is 4.71. The highest BCUT2D eigenvalue weighted by Crippen LogP contribution is 2.54. The zero-order valence-electron chi connectivity index (χ0n) is 25.4. The van der Waals surface area contributed by atoms with E-state index >= 15 is 0 Å². The molecule has 0 atom stereocenters. The SMILES string of the molecule is CC1(C)c2ccccc2-c2c(N(c3ccc4ccccc4c3)c3ccc4c5ccccc5n(-c5ccccc5)c4c3)cccc21. The van der Waals surface area contributed by atoms with Gasteiger partial charge in [-0.2, -0.15) is 0 Å². The summed E-state index contributed by atoms with van der Waals surface area (Å²) in [7, 11) is 0. The van der Waals surface area contributed by atoms with Crippen LogP contribution in [0.5, 0.6) is 0 Å². The molecule has 0 N–H and O–H groups in total. The van der Waals surface area contributed by atoms with Gasteiger partial charge in [0.1, 0.15) is 0 Å². The van der Waals surface area contributed by atoms with Crippen LogP contribution >= 0.6 is 0 Å². The quantitative estimate of drug-likeness (QED) is 0.202. The molecule has 8 aromatic rings. The number of nitrogens with zero attached hydrogens (tertiary/aromatic N) is 2. The summed E-state index contributed by atoms with van der Waals surface area (Å²) in [5.41, 5.74) is 12.3. The summed E-state index contributed by atoms with van der Waals surface area (Å²) in [5, 5.41) is 4.98. The van der Waals surface area contributed by atoms with E-state index in [0.717, 1.165) is 17.1 Å². The van der Waals surface area contributed by atoms with Crippen LogP contribution in [0.1, 0.15) is 25.0 Å². The molecule has 0 spiro atoms. The van der Waals surface area contributed by atoms with Crippen LogP contribution in [-0.2, 0) is 5.41 Å². The average Bonchev–Trinajstić information content (AvgIpc) is 3.54. The van der Waals surface area contributed by atoms with E-state index in [-0.39, 0.29) is 5.41 Å². The van der Waals surface area contributed by atoms with Crippen molar-refractivity contribution in [2.24, 2.45) is 0 Å². The summed E-state index contributed by atoms with van der Waals surface area (Å²) >= 11 is 0. The van der Waals surface area contributed by atoms with Crippen molar-refractivity contribution in [1.29, 1.82) is 0 Å². The minimum Gasteiger partial charge on any atom is -0.310 e. The highest BCUT2D eigenvalue weighted by molar-refractivity contribution is 6.10. The topological polar surface area (TPSA) is 8.17 Å². The van der Waals surface area contributed by atoms with Crippen LogP contribution in [0.25, 0.3) is 49.4 Å². The van der Waals surface area contributed by atoms with Crippen molar-refractivity contribution >= 4 is 49.6 Å². The van der Waals surface area contributed by atoms with Crippen molar-refractivity contribution in [2.75, 3.05) is 4.90 Å². The first-order chi connectivity index (χ1) is 22.1. The van der Waals surface area contributed by atoms with Gasteiger partial charge < -0.3 is 9.47 Å². The maximum absolute atomic E-state index is 2.47. The summed E-state index contributed by atoms with van der Waals surface area (Å²) < 4.78 is 2.40. The Hall–Kier alpha value is -5.60. The average molecular weight is 577 g/mol. The van der Waals surface area contributed by atoms with Gasteiger partial charge in [-0.05, 0) is 76.0 Å². The lowest BCUT2D eigenvalue weighted by molar-refractivity contribution is 0.660. The van der Waals surface area contributed by atoms with Crippen molar-refractivity contribution in [2.45, 2.75) is 19.3 Å². The van der Waals surface area contributed by atoms with E-state index in [2.05, 4.69) is 181 Å². The highest BCUT2D eigenvalue weighted by Gasteiger charge is 2.37. The van der Waals surface area contributed by atoms with Gasteiger partial charge in [0, 0.05) is 38.8 Å². The predicted octanol–water partition coefficient (Wildman–Crippen LogP) is 11.7. The molecule has 45 heavy (non-hydrogen) atoms. The van der Waals surface area contributed by atoms with Gasteiger partial charge in [-0.1, -0.05) is 123 Å². The lowest BCUT2D eigenvalue weighted by atomic mass is 9.82. The van der Waals surface area contributed by atoms with Crippen LogP contribution in [-0.4, -0.2) is 4.57 Å². The fraction of sp³-hybridized carbons (Fsp3) is 0.0698. The number of anilines is 3. The number of para-hydroxylation sites is 2. The third kappa shape index (κ3) is 3.82. The molecule has 2 nitrogen and oxygen atoms in total. The zero-order chi connectivity index (χ0) is 30.1. The molecule has 0 aliphatic heterocycles. The summed E-state index contributed by atoms with van der Waals surface area (Å²) in [6, 6.07) is 57.7. The van der Waals surface area contributed by atoms with E-state index in [1.165, 1.54) is 60.5 Å². The molecule has 1 aliphatic carbocycles. The Balaban J connectivity index is 1.36. The number of rotatable bonds is 4.